The zero-order chi connectivity index (χ0) is 15.8. The number of aliphatic carboxylic acids is 1. The Bertz CT molecular complexity index is 706. The maximum Gasteiger partial charge on any atom is 0.329 e. The predicted molar refractivity (Wildman–Crippen MR) is 81.4 cm³/mol. The molecule has 0 fully saturated rings. The summed E-state index contributed by atoms with van der Waals surface area (Å²) in [7, 11) is 1.50. The van der Waals surface area contributed by atoms with Crippen LogP contribution in [0.2, 0.25) is 5.02 Å². The molecule has 0 radical (unpaired) electrons. The van der Waals surface area contributed by atoms with E-state index in [0.717, 1.165) is 10.9 Å². The highest BCUT2D eigenvalue weighted by Gasteiger charge is 2.35. The predicted octanol–water partition coefficient (Wildman–Crippen LogP) is 2.62. The van der Waals surface area contributed by atoms with E-state index in [-0.39, 0.29) is 12.5 Å². The number of halogens is 1. The van der Waals surface area contributed by atoms with Gasteiger partial charge in [0, 0.05) is 23.8 Å². The second-order valence-corrected chi connectivity index (χ2v) is 5.90. The molecule has 1 N–H and O–H groups in total. The number of hydrogen-bond acceptors (Lipinski definition) is 2. The van der Waals surface area contributed by atoms with Crippen molar-refractivity contribution in [2.45, 2.75) is 25.9 Å². The summed E-state index contributed by atoms with van der Waals surface area (Å²) in [6.45, 7) is 3.06. The number of carboxylic acid groups (broad SMARTS) is 1. The summed E-state index contributed by atoms with van der Waals surface area (Å²) < 4.78 is 1.76. The topological polar surface area (TPSA) is 62.5 Å². The van der Waals surface area contributed by atoms with Crippen molar-refractivity contribution in [3.63, 3.8) is 0 Å². The number of aromatic nitrogens is 1. The monoisotopic (exact) mass is 308 g/mol. The normalized spacial score (nSPS) is 11.6. The zero-order valence-corrected chi connectivity index (χ0v) is 12.9. The lowest BCUT2D eigenvalue weighted by Crippen LogP contribution is -2.51. The first kappa shape index (κ1) is 15.4. The van der Waals surface area contributed by atoms with Gasteiger partial charge in [-0.05, 0) is 37.4 Å². The molecule has 0 saturated heterocycles. The Balaban J connectivity index is 2.26. The summed E-state index contributed by atoms with van der Waals surface area (Å²) in [6, 6.07) is 7.34. The number of amides is 1. The van der Waals surface area contributed by atoms with Gasteiger partial charge in [-0.1, -0.05) is 17.7 Å². The maximum atomic E-state index is 12.3. The molecular weight excluding hydrogens is 292 g/mol. The second kappa shape index (κ2) is 5.41. The van der Waals surface area contributed by atoms with Gasteiger partial charge in [0.1, 0.15) is 12.1 Å². The van der Waals surface area contributed by atoms with Crippen LogP contribution < -0.4 is 0 Å². The molecule has 2 rings (SSSR count). The van der Waals surface area contributed by atoms with Crippen LogP contribution in [0.1, 0.15) is 13.8 Å². The Labute approximate surface area is 127 Å². The highest BCUT2D eigenvalue weighted by atomic mass is 35.5. The van der Waals surface area contributed by atoms with Crippen LogP contribution in [-0.4, -0.2) is 39.0 Å². The van der Waals surface area contributed by atoms with E-state index in [1.54, 1.807) is 22.9 Å². The van der Waals surface area contributed by atoms with Crippen molar-refractivity contribution < 1.29 is 14.7 Å². The Hall–Kier alpha value is -2.01. The van der Waals surface area contributed by atoms with E-state index in [0.29, 0.717) is 5.02 Å². The number of carbonyl (C=O) groups excluding carboxylic acids is 1. The van der Waals surface area contributed by atoms with Crippen LogP contribution in [0, 0.1) is 0 Å². The van der Waals surface area contributed by atoms with E-state index in [2.05, 4.69) is 0 Å². The highest BCUT2D eigenvalue weighted by molar-refractivity contribution is 6.31. The summed E-state index contributed by atoms with van der Waals surface area (Å²) >= 11 is 5.97. The van der Waals surface area contributed by atoms with Gasteiger partial charge in [-0.2, -0.15) is 0 Å². The van der Waals surface area contributed by atoms with Gasteiger partial charge in [0.2, 0.25) is 5.91 Å². The molecular formula is C15H17ClN2O3. The summed E-state index contributed by atoms with van der Waals surface area (Å²) in [6.07, 6.45) is 1.79. The third kappa shape index (κ3) is 2.88. The number of hydrogen-bond donors (Lipinski definition) is 1. The van der Waals surface area contributed by atoms with E-state index in [4.69, 9.17) is 11.6 Å². The van der Waals surface area contributed by atoms with Crippen molar-refractivity contribution in [1.82, 2.24) is 9.47 Å². The third-order valence-corrected chi connectivity index (χ3v) is 4.01. The number of fused-ring (bicyclic) bond motifs is 1. The molecule has 0 aliphatic rings. The average molecular weight is 309 g/mol. The number of carboxylic acids is 1. The SMILES string of the molecule is CN(C(=O)Cn1ccc2ccc(Cl)cc21)C(C)(C)C(=O)O. The minimum absolute atomic E-state index is 0.0665. The molecule has 6 heteroatoms. The lowest BCUT2D eigenvalue weighted by molar-refractivity contribution is -0.155. The number of carbonyl (C=O) groups is 2. The first-order valence-electron chi connectivity index (χ1n) is 6.48. The summed E-state index contributed by atoms with van der Waals surface area (Å²) in [5.74, 6) is -1.32. The van der Waals surface area contributed by atoms with Crippen LogP contribution in [0.25, 0.3) is 10.9 Å². The molecule has 1 aromatic heterocycles. The van der Waals surface area contributed by atoms with E-state index < -0.39 is 11.5 Å². The fraction of sp³-hybridized carbons (Fsp3) is 0.333. The van der Waals surface area contributed by atoms with Gasteiger partial charge in [-0.25, -0.2) is 4.79 Å². The number of rotatable bonds is 4. The fourth-order valence-electron chi connectivity index (χ4n) is 2.00. The van der Waals surface area contributed by atoms with Crippen molar-refractivity contribution in [1.29, 1.82) is 0 Å². The minimum atomic E-state index is -1.25. The molecule has 1 aromatic carbocycles. The van der Waals surface area contributed by atoms with Gasteiger partial charge in [0.25, 0.3) is 0 Å². The second-order valence-electron chi connectivity index (χ2n) is 5.46. The molecule has 5 nitrogen and oxygen atoms in total. The van der Waals surface area contributed by atoms with Crippen molar-refractivity contribution in [2.75, 3.05) is 7.05 Å². The highest BCUT2D eigenvalue weighted by Crippen LogP contribution is 2.21. The summed E-state index contributed by atoms with van der Waals surface area (Å²) in [5.41, 5.74) is -0.407. The smallest absolute Gasteiger partial charge is 0.329 e. The molecule has 2 aromatic rings. The Morgan fingerprint density at radius 1 is 1.33 bits per heavy atom. The standard InChI is InChI=1S/C15H17ClN2O3/c1-15(2,14(20)21)17(3)13(19)9-18-7-6-10-4-5-11(16)8-12(10)18/h4-8H,9H2,1-3H3,(H,20,21). The number of benzene rings is 1. The fourth-order valence-corrected chi connectivity index (χ4v) is 2.17. The van der Waals surface area contributed by atoms with Crippen molar-refractivity contribution >= 4 is 34.4 Å². The van der Waals surface area contributed by atoms with Crippen LogP contribution >= 0.6 is 11.6 Å². The van der Waals surface area contributed by atoms with Gasteiger partial charge in [0.15, 0.2) is 0 Å². The molecule has 0 aliphatic carbocycles. The van der Waals surface area contributed by atoms with Gasteiger partial charge in [-0.3, -0.25) is 4.79 Å². The largest absolute Gasteiger partial charge is 0.480 e. The van der Waals surface area contributed by atoms with Crippen LogP contribution in [0.5, 0.6) is 0 Å². The van der Waals surface area contributed by atoms with Crippen LogP contribution in [-0.2, 0) is 16.1 Å². The first-order chi connectivity index (χ1) is 9.73. The Morgan fingerprint density at radius 2 is 2.00 bits per heavy atom. The molecule has 0 atom stereocenters. The quantitative estimate of drug-likeness (QED) is 0.944. The van der Waals surface area contributed by atoms with Gasteiger partial charge >= 0.3 is 5.97 Å². The average Bonchev–Trinajstić information content (AvgIpc) is 2.80. The van der Waals surface area contributed by atoms with Gasteiger partial charge in [-0.15, -0.1) is 0 Å². The Kier molecular flexibility index (Phi) is 3.96. The van der Waals surface area contributed by atoms with Gasteiger partial charge < -0.3 is 14.6 Å². The molecule has 0 aliphatic heterocycles. The third-order valence-electron chi connectivity index (χ3n) is 3.78. The molecule has 0 unspecified atom stereocenters. The molecule has 0 saturated carbocycles. The van der Waals surface area contributed by atoms with Crippen molar-refractivity contribution in [2.24, 2.45) is 0 Å². The van der Waals surface area contributed by atoms with E-state index >= 15 is 0 Å². The molecule has 0 bridgehead atoms. The van der Waals surface area contributed by atoms with Crippen molar-refractivity contribution in [3.8, 4) is 0 Å². The van der Waals surface area contributed by atoms with E-state index in [1.807, 2.05) is 12.1 Å². The van der Waals surface area contributed by atoms with E-state index in [9.17, 15) is 14.7 Å². The molecule has 1 amide bonds. The molecule has 1 heterocycles. The number of nitrogens with zero attached hydrogens (tertiary/aromatic N) is 2. The summed E-state index contributed by atoms with van der Waals surface area (Å²) in [5, 5.41) is 10.7. The Morgan fingerprint density at radius 3 is 2.62 bits per heavy atom. The van der Waals surface area contributed by atoms with Crippen LogP contribution in [0.4, 0.5) is 0 Å². The maximum absolute atomic E-state index is 12.3. The van der Waals surface area contributed by atoms with Crippen LogP contribution in [0.3, 0.4) is 0 Å². The zero-order valence-electron chi connectivity index (χ0n) is 12.1. The lowest BCUT2D eigenvalue weighted by atomic mass is 10.0. The summed E-state index contributed by atoms with van der Waals surface area (Å²) in [4.78, 5) is 24.7. The number of likely N-dealkylation sites (N-methyl/N-ethyl adjacent to an activating group) is 1. The lowest BCUT2D eigenvalue weighted by Gasteiger charge is -2.31. The van der Waals surface area contributed by atoms with E-state index in [1.165, 1.54) is 25.8 Å². The minimum Gasteiger partial charge on any atom is -0.480 e. The molecule has 0 spiro atoms. The molecule has 21 heavy (non-hydrogen) atoms. The van der Waals surface area contributed by atoms with Crippen LogP contribution in [0.15, 0.2) is 30.5 Å². The van der Waals surface area contributed by atoms with Crippen molar-refractivity contribution in [3.05, 3.63) is 35.5 Å². The first-order valence-corrected chi connectivity index (χ1v) is 6.85. The molecule has 112 valence electrons. The van der Waals surface area contributed by atoms with Gasteiger partial charge in [0.05, 0.1) is 0 Å².